The highest BCUT2D eigenvalue weighted by Gasteiger charge is 2.15. The molecule has 0 radical (unpaired) electrons. The highest BCUT2D eigenvalue weighted by Crippen LogP contribution is 2.26. The van der Waals surface area contributed by atoms with E-state index in [1.54, 1.807) is 24.9 Å². The molecule has 0 amide bonds. The van der Waals surface area contributed by atoms with Crippen molar-refractivity contribution < 1.29 is 19.3 Å². The van der Waals surface area contributed by atoms with Gasteiger partial charge < -0.3 is 19.8 Å². The van der Waals surface area contributed by atoms with E-state index in [0.717, 1.165) is 0 Å². The van der Waals surface area contributed by atoms with Crippen molar-refractivity contribution in [2.24, 2.45) is 0 Å². The van der Waals surface area contributed by atoms with E-state index >= 15 is 0 Å². The fraction of sp³-hybridized carbons (Fsp3) is 0.538. The normalized spacial score (nSPS) is 14.3. The third kappa shape index (κ3) is 3.94. The molecule has 0 saturated carbocycles. The van der Waals surface area contributed by atoms with Crippen LogP contribution in [0.2, 0.25) is 0 Å². The molecule has 4 nitrogen and oxygen atoms in total. The third-order valence-electron chi connectivity index (χ3n) is 2.69. The molecule has 0 fully saturated rings. The van der Waals surface area contributed by atoms with Gasteiger partial charge in [0, 0.05) is 32.0 Å². The summed E-state index contributed by atoms with van der Waals surface area (Å²) in [7, 11) is 3.29. The van der Waals surface area contributed by atoms with Gasteiger partial charge in [0.25, 0.3) is 0 Å². The number of methoxy groups -OCH3 is 1. The number of rotatable bonds is 6. The van der Waals surface area contributed by atoms with E-state index in [-0.39, 0.29) is 12.4 Å². The minimum Gasteiger partial charge on any atom is -0.389 e. The van der Waals surface area contributed by atoms with Gasteiger partial charge in [0.15, 0.2) is 0 Å². The molecule has 1 rings (SSSR count). The Hall–Kier alpha value is -1.17. The Kier molecular flexibility index (Phi) is 5.53. The summed E-state index contributed by atoms with van der Waals surface area (Å²) in [5.74, 6) is -0.388. The molecule has 1 aromatic carbocycles. The van der Waals surface area contributed by atoms with Crippen molar-refractivity contribution in [3.63, 3.8) is 0 Å². The Morgan fingerprint density at radius 3 is 2.61 bits per heavy atom. The second-order valence-corrected chi connectivity index (χ2v) is 4.37. The standard InChI is InChI=1S/C13H20FNO3/c1-9(16)12-6-10(14)4-5-13(12)15(2)7-11(17)8-18-3/h4-6,9,11,16-17H,7-8H2,1-3H3/t9-,11?/m0/s1. The summed E-state index contributed by atoms with van der Waals surface area (Å²) >= 11 is 0. The van der Waals surface area contributed by atoms with Crippen molar-refractivity contribution in [2.75, 3.05) is 32.2 Å². The first kappa shape index (κ1) is 14.9. The van der Waals surface area contributed by atoms with Crippen molar-refractivity contribution >= 4 is 5.69 Å². The molecule has 0 aromatic heterocycles. The molecule has 18 heavy (non-hydrogen) atoms. The molecule has 0 saturated heterocycles. The average molecular weight is 257 g/mol. The van der Waals surface area contributed by atoms with Gasteiger partial charge in [-0.05, 0) is 25.1 Å². The Morgan fingerprint density at radius 2 is 2.06 bits per heavy atom. The van der Waals surface area contributed by atoms with E-state index in [1.807, 2.05) is 0 Å². The summed E-state index contributed by atoms with van der Waals surface area (Å²) in [5, 5.41) is 19.3. The van der Waals surface area contributed by atoms with Crippen LogP contribution in [0.3, 0.4) is 0 Å². The highest BCUT2D eigenvalue weighted by atomic mass is 19.1. The maximum Gasteiger partial charge on any atom is 0.123 e. The number of nitrogens with zero attached hydrogens (tertiary/aromatic N) is 1. The fourth-order valence-corrected chi connectivity index (χ4v) is 1.87. The number of ether oxygens (including phenoxy) is 1. The van der Waals surface area contributed by atoms with Crippen LogP contribution in [0.15, 0.2) is 18.2 Å². The fourth-order valence-electron chi connectivity index (χ4n) is 1.87. The van der Waals surface area contributed by atoms with Crippen LogP contribution in [-0.4, -0.2) is 43.6 Å². The number of benzene rings is 1. The lowest BCUT2D eigenvalue weighted by atomic mass is 10.1. The van der Waals surface area contributed by atoms with Crippen LogP contribution in [0.25, 0.3) is 0 Å². The first-order valence-corrected chi connectivity index (χ1v) is 5.81. The van der Waals surface area contributed by atoms with Crippen LogP contribution in [0.1, 0.15) is 18.6 Å². The smallest absolute Gasteiger partial charge is 0.123 e. The number of halogens is 1. The lowest BCUT2D eigenvalue weighted by molar-refractivity contribution is 0.0694. The molecular formula is C13H20FNO3. The number of hydrogen-bond donors (Lipinski definition) is 2. The number of aliphatic hydroxyl groups excluding tert-OH is 2. The number of likely N-dealkylation sites (N-methyl/N-ethyl adjacent to an activating group) is 1. The van der Waals surface area contributed by atoms with Crippen LogP contribution in [0.5, 0.6) is 0 Å². The van der Waals surface area contributed by atoms with Gasteiger partial charge in [0.1, 0.15) is 5.82 Å². The Morgan fingerprint density at radius 1 is 1.39 bits per heavy atom. The first-order valence-electron chi connectivity index (χ1n) is 5.81. The van der Waals surface area contributed by atoms with Gasteiger partial charge in [-0.25, -0.2) is 4.39 Å². The summed E-state index contributed by atoms with van der Waals surface area (Å²) in [5.41, 5.74) is 1.20. The van der Waals surface area contributed by atoms with Crippen LogP contribution in [0.4, 0.5) is 10.1 Å². The second kappa shape index (κ2) is 6.68. The molecule has 0 aliphatic carbocycles. The molecule has 102 valence electrons. The maximum atomic E-state index is 13.2. The van der Waals surface area contributed by atoms with Gasteiger partial charge in [-0.2, -0.15) is 0 Å². The van der Waals surface area contributed by atoms with Gasteiger partial charge in [-0.15, -0.1) is 0 Å². The minimum absolute atomic E-state index is 0.232. The van der Waals surface area contributed by atoms with Crippen molar-refractivity contribution in [3.05, 3.63) is 29.6 Å². The topological polar surface area (TPSA) is 52.9 Å². The molecule has 1 aromatic rings. The van der Waals surface area contributed by atoms with Gasteiger partial charge in [-0.3, -0.25) is 0 Å². The zero-order valence-electron chi connectivity index (χ0n) is 10.9. The molecule has 0 aliphatic heterocycles. The van der Waals surface area contributed by atoms with E-state index in [0.29, 0.717) is 17.8 Å². The predicted octanol–water partition coefficient (Wildman–Crippen LogP) is 1.32. The Bertz CT molecular complexity index is 384. The summed E-state index contributed by atoms with van der Waals surface area (Å²) in [6, 6.07) is 4.23. The van der Waals surface area contributed by atoms with Gasteiger partial charge in [0.05, 0.1) is 18.8 Å². The van der Waals surface area contributed by atoms with Crippen LogP contribution < -0.4 is 4.90 Å². The number of aliphatic hydroxyl groups is 2. The molecule has 0 aliphatic rings. The third-order valence-corrected chi connectivity index (χ3v) is 2.69. The molecule has 5 heteroatoms. The summed E-state index contributed by atoms with van der Waals surface area (Å²) in [4.78, 5) is 1.77. The highest BCUT2D eigenvalue weighted by molar-refractivity contribution is 5.54. The Balaban J connectivity index is 2.87. The first-order chi connectivity index (χ1) is 8.45. The molecule has 0 spiro atoms. The lowest BCUT2D eigenvalue weighted by Crippen LogP contribution is -2.32. The molecule has 0 bridgehead atoms. The summed E-state index contributed by atoms with van der Waals surface area (Å²) < 4.78 is 18.0. The van der Waals surface area contributed by atoms with Crippen molar-refractivity contribution in [2.45, 2.75) is 19.1 Å². The zero-order chi connectivity index (χ0) is 13.7. The van der Waals surface area contributed by atoms with E-state index in [2.05, 4.69) is 0 Å². The Labute approximate surface area is 107 Å². The van der Waals surface area contributed by atoms with Crippen molar-refractivity contribution in [3.8, 4) is 0 Å². The monoisotopic (exact) mass is 257 g/mol. The van der Waals surface area contributed by atoms with Crippen molar-refractivity contribution in [1.82, 2.24) is 0 Å². The second-order valence-electron chi connectivity index (χ2n) is 4.37. The zero-order valence-corrected chi connectivity index (χ0v) is 10.9. The number of hydrogen-bond acceptors (Lipinski definition) is 4. The maximum absolute atomic E-state index is 13.2. The van der Waals surface area contributed by atoms with E-state index in [9.17, 15) is 14.6 Å². The molecule has 0 heterocycles. The molecule has 2 N–H and O–H groups in total. The van der Waals surface area contributed by atoms with Gasteiger partial charge in [-0.1, -0.05) is 0 Å². The average Bonchev–Trinajstić information content (AvgIpc) is 2.28. The SMILES string of the molecule is COCC(O)CN(C)c1ccc(F)cc1[C@H](C)O. The minimum atomic E-state index is -0.766. The lowest BCUT2D eigenvalue weighted by Gasteiger charge is -2.25. The van der Waals surface area contributed by atoms with E-state index < -0.39 is 12.2 Å². The quantitative estimate of drug-likeness (QED) is 0.807. The van der Waals surface area contributed by atoms with Gasteiger partial charge >= 0.3 is 0 Å². The molecular weight excluding hydrogens is 237 g/mol. The summed E-state index contributed by atoms with van der Waals surface area (Å²) in [6.07, 6.45) is -1.40. The van der Waals surface area contributed by atoms with Crippen LogP contribution >= 0.6 is 0 Å². The van der Waals surface area contributed by atoms with E-state index in [4.69, 9.17) is 4.74 Å². The van der Waals surface area contributed by atoms with Crippen molar-refractivity contribution in [1.29, 1.82) is 0 Å². The predicted molar refractivity (Wildman–Crippen MR) is 68.2 cm³/mol. The van der Waals surface area contributed by atoms with Crippen LogP contribution in [0, 0.1) is 5.82 Å². The molecule has 2 atom stereocenters. The number of anilines is 1. The van der Waals surface area contributed by atoms with Crippen LogP contribution in [-0.2, 0) is 4.74 Å². The van der Waals surface area contributed by atoms with E-state index in [1.165, 1.54) is 19.2 Å². The van der Waals surface area contributed by atoms with Gasteiger partial charge in [0.2, 0.25) is 0 Å². The molecule has 1 unspecified atom stereocenters. The summed E-state index contributed by atoms with van der Waals surface area (Å²) in [6.45, 7) is 2.16. The largest absolute Gasteiger partial charge is 0.389 e.